The molecule has 0 saturated carbocycles. The molecule has 0 aromatic heterocycles. The molecule has 0 spiro atoms. The standard InChI is InChI=1S/C9H4BrF3N2O2/c10-3-5-1-6(9(11,12)13)2-8(15(16)17)7(5)4-14/h1-2H,3H2. The number of hydrogen-bond acceptors (Lipinski definition) is 3. The molecule has 0 amide bonds. The van der Waals surface area contributed by atoms with Crippen molar-refractivity contribution in [3.05, 3.63) is 38.9 Å². The summed E-state index contributed by atoms with van der Waals surface area (Å²) in [5, 5.41) is 19.2. The topological polar surface area (TPSA) is 66.9 Å². The van der Waals surface area contributed by atoms with Gasteiger partial charge in [-0.3, -0.25) is 10.1 Å². The average Bonchev–Trinajstić information content (AvgIpc) is 2.25. The molecule has 0 radical (unpaired) electrons. The molecule has 0 aliphatic heterocycles. The Hall–Kier alpha value is -1.62. The van der Waals surface area contributed by atoms with E-state index >= 15 is 0 Å². The van der Waals surface area contributed by atoms with Crippen LogP contribution in [0, 0.1) is 21.4 Å². The fraction of sp³-hybridized carbons (Fsp3) is 0.222. The third kappa shape index (κ3) is 2.74. The zero-order valence-electron chi connectivity index (χ0n) is 8.08. The molecule has 0 unspecified atom stereocenters. The highest BCUT2D eigenvalue weighted by molar-refractivity contribution is 9.08. The summed E-state index contributed by atoms with van der Waals surface area (Å²) in [6.07, 6.45) is -4.68. The molecule has 0 fully saturated rings. The lowest BCUT2D eigenvalue weighted by molar-refractivity contribution is -0.385. The fourth-order valence-electron chi connectivity index (χ4n) is 1.23. The molecule has 0 atom stereocenters. The van der Waals surface area contributed by atoms with E-state index in [0.29, 0.717) is 6.07 Å². The summed E-state index contributed by atoms with van der Waals surface area (Å²) in [6.45, 7) is 0. The number of hydrogen-bond donors (Lipinski definition) is 0. The van der Waals surface area contributed by atoms with Crippen LogP contribution in [0.15, 0.2) is 12.1 Å². The third-order valence-electron chi connectivity index (χ3n) is 1.98. The van der Waals surface area contributed by atoms with Crippen molar-refractivity contribution in [1.29, 1.82) is 5.26 Å². The molecule has 0 bridgehead atoms. The van der Waals surface area contributed by atoms with Gasteiger partial charge in [-0.1, -0.05) is 15.9 Å². The summed E-state index contributed by atoms with van der Waals surface area (Å²) < 4.78 is 37.4. The van der Waals surface area contributed by atoms with Crippen molar-refractivity contribution in [1.82, 2.24) is 0 Å². The molecule has 0 saturated heterocycles. The third-order valence-corrected chi connectivity index (χ3v) is 2.58. The molecule has 1 aromatic carbocycles. The molecule has 0 aliphatic carbocycles. The highest BCUT2D eigenvalue weighted by Crippen LogP contribution is 2.35. The normalized spacial score (nSPS) is 11.0. The van der Waals surface area contributed by atoms with E-state index in [1.807, 2.05) is 0 Å². The van der Waals surface area contributed by atoms with Gasteiger partial charge in [0, 0.05) is 11.4 Å². The number of rotatable bonds is 2. The van der Waals surface area contributed by atoms with E-state index < -0.39 is 22.4 Å². The molecular formula is C9H4BrF3N2O2. The SMILES string of the molecule is N#Cc1c(CBr)cc(C(F)(F)F)cc1[N+](=O)[O-]. The van der Waals surface area contributed by atoms with Gasteiger partial charge in [0.05, 0.1) is 10.5 Å². The van der Waals surface area contributed by atoms with Crippen molar-refractivity contribution in [2.24, 2.45) is 0 Å². The Balaban J connectivity index is 3.59. The van der Waals surface area contributed by atoms with E-state index in [-0.39, 0.29) is 16.5 Å². The van der Waals surface area contributed by atoms with Gasteiger partial charge in [-0.15, -0.1) is 0 Å². The molecule has 4 nitrogen and oxygen atoms in total. The van der Waals surface area contributed by atoms with Gasteiger partial charge in [-0.2, -0.15) is 18.4 Å². The number of alkyl halides is 4. The van der Waals surface area contributed by atoms with Gasteiger partial charge in [-0.05, 0) is 11.6 Å². The largest absolute Gasteiger partial charge is 0.416 e. The van der Waals surface area contributed by atoms with Gasteiger partial charge in [-0.25, -0.2) is 0 Å². The van der Waals surface area contributed by atoms with E-state index in [0.717, 1.165) is 6.07 Å². The Labute approximate surface area is 102 Å². The molecule has 8 heteroatoms. The lowest BCUT2D eigenvalue weighted by atomic mass is 10.0. The highest BCUT2D eigenvalue weighted by atomic mass is 79.9. The van der Waals surface area contributed by atoms with Gasteiger partial charge in [0.15, 0.2) is 0 Å². The van der Waals surface area contributed by atoms with Crippen LogP contribution in [0.4, 0.5) is 18.9 Å². The summed E-state index contributed by atoms with van der Waals surface area (Å²) in [6, 6.07) is 2.62. The number of nitro groups is 1. The van der Waals surface area contributed by atoms with E-state index in [9.17, 15) is 23.3 Å². The molecule has 1 aromatic rings. The van der Waals surface area contributed by atoms with Crippen LogP contribution >= 0.6 is 15.9 Å². The van der Waals surface area contributed by atoms with Crippen LogP contribution in [0.2, 0.25) is 0 Å². The Kier molecular flexibility index (Phi) is 3.72. The van der Waals surface area contributed by atoms with Crippen LogP contribution < -0.4 is 0 Å². The fourth-order valence-corrected chi connectivity index (χ4v) is 1.67. The second-order valence-corrected chi connectivity index (χ2v) is 3.59. The van der Waals surface area contributed by atoms with Crippen LogP contribution in [0.3, 0.4) is 0 Å². The van der Waals surface area contributed by atoms with Crippen LogP contribution in [0.1, 0.15) is 16.7 Å². The average molecular weight is 309 g/mol. The van der Waals surface area contributed by atoms with Crippen molar-refractivity contribution in [3.63, 3.8) is 0 Å². The Morgan fingerprint density at radius 3 is 2.41 bits per heavy atom. The van der Waals surface area contributed by atoms with Crippen molar-refractivity contribution in [2.45, 2.75) is 11.5 Å². The second-order valence-electron chi connectivity index (χ2n) is 3.03. The first-order chi connectivity index (χ1) is 7.81. The smallest absolute Gasteiger partial charge is 0.258 e. The molecule has 0 N–H and O–H groups in total. The number of benzene rings is 1. The summed E-state index contributed by atoms with van der Waals surface area (Å²) in [5.74, 6) is 0. The Morgan fingerprint density at radius 2 is 2.06 bits per heavy atom. The van der Waals surface area contributed by atoms with Crippen LogP contribution in [-0.2, 0) is 11.5 Å². The van der Waals surface area contributed by atoms with Gasteiger partial charge >= 0.3 is 6.18 Å². The van der Waals surface area contributed by atoms with Crippen LogP contribution in [-0.4, -0.2) is 4.92 Å². The molecule has 17 heavy (non-hydrogen) atoms. The van der Waals surface area contributed by atoms with Crippen LogP contribution in [0.5, 0.6) is 0 Å². The van der Waals surface area contributed by atoms with Gasteiger partial charge in [0.25, 0.3) is 5.69 Å². The maximum atomic E-state index is 12.5. The lowest BCUT2D eigenvalue weighted by Gasteiger charge is -2.09. The minimum atomic E-state index is -4.68. The lowest BCUT2D eigenvalue weighted by Crippen LogP contribution is -2.08. The van der Waals surface area contributed by atoms with Crippen molar-refractivity contribution in [3.8, 4) is 6.07 Å². The summed E-state index contributed by atoms with van der Waals surface area (Å²) in [4.78, 5) is 9.60. The highest BCUT2D eigenvalue weighted by Gasteiger charge is 2.34. The first-order valence-corrected chi connectivity index (χ1v) is 5.28. The number of halogens is 4. The van der Waals surface area contributed by atoms with Gasteiger partial charge in [0.1, 0.15) is 11.6 Å². The predicted molar refractivity (Wildman–Crippen MR) is 55.4 cm³/mol. The Morgan fingerprint density at radius 1 is 1.47 bits per heavy atom. The predicted octanol–water partition coefficient (Wildman–Crippen LogP) is 3.38. The monoisotopic (exact) mass is 308 g/mol. The Bertz CT molecular complexity index is 508. The zero-order chi connectivity index (χ0) is 13.2. The van der Waals surface area contributed by atoms with E-state index in [1.54, 1.807) is 0 Å². The van der Waals surface area contributed by atoms with Gasteiger partial charge in [0.2, 0.25) is 0 Å². The maximum Gasteiger partial charge on any atom is 0.416 e. The summed E-state index contributed by atoms with van der Waals surface area (Å²) in [7, 11) is 0. The maximum absolute atomic E-state index is 12.5. The number of nitrogens with zero attached hydrogens (tertiary/aromatic N) is 2. The van der Waals surface area contributed by atoms with E-state index in [4.69, 9.17) is 5.26 Å². The zero-order valence-corrected chi connectivity index (χ0v) is 9.67. The molecule has 0 aliphatic rings. The van der Waals surface area contributed by atoms with Gasteiger partial charge < -0.3 is 0 Å². The van der Waals surface area contributed by atoms with Crippen LogP contribution in [0.25, 0.3) is 0 Å². The minimum absolute atomic E-state index is 0.0611. The number of nitriles is 1. The van der Waals surface area contributed by atoms with Crippen molar-refractivity contribution >= 4 is 21.6 Å². The van der Waals surface area contributed by atoms with Crippen molar-refractivity contribution in [2.75, 3.05) is 0 Å². The molecule has 0 heterocycles. The molecular weight excluding hydrogens is 305 g/mol. The first kappa shape index (κ1) is 13.4. The summed E-state index contributed by atoms with van der Waals surface area (Å²) >= 11 is 2.89. The molecule has 90 valence electrons. The van der Waals surface area contributed by atoms with E-state index in [1.165, 1.54) is 6.07 Å². The summed E-state index contributed by atoms with van der Waals surface area (Å²) in [5.41, 5.74) is -2.40. The molecule has 1 rings (SSSR count). The first-order valence-electron chi connectivity index (χ1n) is 4.15. The van der Waals surface area contributed by atoms with Crippen molar-refractivity contribution < 1.29 is 18.1 Å². The quantitative estimate of drug-likeness (QED) is 0.478. The minimum Gasteiger partial charge on any atom is -0.258 e. The number of nitro benzene ring substituents is 1. The second kappa shape index (κ2) is 4.71. The van der Waals surface area contributed by atoms with E-state index in [2.05, 4.69) is 15.9 Å².